The quantitative estimate of drug-likeness (QED) is 0.143. The molecule has 0 saturated heterocycles. The lowest BCUT2D eigenvalue weighted by Gasteiger charge is -2.16. The first kappa shape index (κ1) is 48.5. The number of benzene rings is 6. The molecule has 0 radical (unpaired) electrons. The van der Waals surface area contributed by atoms with Crippen molar-refractivity contribution in [2.45, 2.75) is 71.9 Å². The van der Waals surface area contributed by atoms with Crippen molar-refractivity contribution in [3.63, 3.8) is 0 Å². The Morgan fingerprint density at radius 3 is 1.25 bits per heavy atom. The average molecular weight is 832 g/mol. The van der Waals surface area contributed by atoms with Gasteiger partial charge in [-0.3, -0.25) is 0 Å². The van der Waals surface area contributed by atoms with Gasteiger partial charge in [-0.05, 0) is 100 Å². The maximum atomic E-state index is 14.1. The molecule has 0 spiro atoms. The van der Waals surface area contributed by atoms with Crippen molar-refractivity contribution in [3.05, 3.63) is 206 Å². The molecular weight excluding hydrogens is 785 g/mol. The third kappa shape index (κ3) is 13.3. The molecule has 3 atom stereocenters. The molecule has 0 saturated carbocycles. The summed E-state index contributed by atoms with van der Waals surface area (Å²) < 4.78 is 83.9. The smallest absolute Gasteiger partial charge is 0.416 e. The van der Waals surface area contributed by atoms with Crippen LogP contribution in [0.15, 0.2) is 127 Å². The third-order valence-corrected chi connectivity index (χ3v) is 10.0. The van der Waals surface area contributed by atoms with Crippen molar-refractivity contribution in [1.29, 1.82) is 15.8 Å². The second-order valence-electron chi connectivity index (χ2n) is 13.7. The molecule has 0 aliphatic heterocycles. The van der Waals surface area contributed by atoms with Crippen molar-refractivity contribution >= 4 is 0 Å². The second kappa shape index (κ2) is 23.1. The van der Waals surface area contributed by atoms with Crippen LogP contribution < -0.4 is 4.74 Å². The summed E-state index contributed by atoms with van der Waals surface area (Å²) >= 11 is 0. The highest BCUT2D eigenvalue weighted by Gasteiger charge is 2.31. The van der Waals surface area contributed by atoms with Crippen LogP contribution in [-0.4, -0.2) is 7.11 Å². The number of hydrogen-bond donors (Lipinski definition) is 0. The highest BCUT2D eigenvalue weighted by Crippen LogP contribution is 2.34. The van der Waals surface area contributed by atoms with E-state index in [2.05, 4.69) is 12.1 Å². The second-order valence-corrected chi connectivity index (χ2v) is 13.7. The minimum atomic E-state index is -4.56. The molecule has 6 aromatic rings. The van der Waals surface area contributed by atoms with Crippen molar-refractivity contribution in [1.82, 2.24) is 0 Å². The Hall–Kier alpha value is -6.83. The first-order valence-electron chi connectivity index (χ1n) is 19.6. The van der Waals surface area contributed by atoms with E-state index in [0.717, 1.165) is 46.4 Å². The van der Waals surface area contributed by atoms with Crippen LogP contribution >= 0.6 is 0 Å². The third-order valence-electron chi connectivity index (χ3n) is 10.0. The van der Waals surface area contributed by atoms with Crippen molar-refractivity contribution in [2.75, 3.05) is 7.11 Å². The van der Waals surface area contributed by atoms with Gasteiger partial charge in [-0.1, -0.05) is 102 Å². The molecule has 0 N–H and O–H groups in total. The number of methoxy groups -OCH3 is 1. The van der Waals surface area contributed by atoms with Gasteiger partial charge in [0.05, 0.1) is 47.6 Å². The lowest BCUT2D eigenvalue weighted by atomic mass is 9.91. The van der Waals surface area contributed by atoms with Gasteiger partial charge in [-0.2, -0.15) is 29.0 Å². The van der Waals surface area contributed by atoms with E-state index in [0.29, 0.717) is 34.1 Å². The maximum Gasteiger partial charge on any atom is 0.416 e. The minimum absolute atomic E-state index is 0.0151. The first-order chi connectivity index (χ1) is 29.1. The van der Waals surface area contributed by atoms with Crippen LogP contribution in [-0.2, 0) is 12.6 Å². The van der Waals surface area contributed by atoms with E-state index in [1.54, 1.807) is 67.6 Å². The number of nitrogens with zero attached hydrogens (tertiary/aromatic N) is 3. The molecule has 0 aromatic heterocycles. The molecule has 3 unspecified atom stereocenters. The summed E-state index contributed by atoms with van der Waals surface area (Å²) in [6.45, 7) is 11.7. The predicted molar refractivity (Wildman–Crippen MR) is 228 cm³/mol. The molecule has 0 aliphatic carbocycles. The summed E-state index contributed by atoms with van der Waals surface area (Å²) in [5.74, 6) is -1.16. The summed E-state index contributed by atoms with van der Waals surface area (Å²) in [5, 5.41) is 26.3. The Morgan fingerprint density at radius 1 is 0.525 bits per heavy atom. The Bertz CT molecular complexity index is 2460. The average Bonchev–Trinajstić information content (AvgIpc) is 3.29. The minimum Gasteiger partial charge on any atom is -0.496 e. The van der Waals surface area contributed by atoms with Crippen molar-refractivity contribution in [2.24, 2.45) is 0 Å². The fourth-order valence-corrected chi connectivity index (χ4v) is 6.32. The highest BCUT2D eigenvalue weighted by molar-refractivity contribution is 5.44. The standard InChI is InChI=1S/C17H16FN.C16H11F4N.C16H14FNO.C2H6/c1-3-13-6-9-16(17(18)10-13)12(2)15-7-4-14(11-19)5-8-15;1-10(12-4-2-11(9-21)3-5-12)14-7-6-13(8-15(14)17)16(18,19)20;1-11(13-5-3-12(10-18)4-6-13)15-8-7-14(17)9-16(15)19-2;1-2/h4-10,12H,3H2,1-2H3;2-8,10H,1H3;3-9,11H,1-2H3;1-2H3. The fraction of sp³-hybridized carbons (Fsp3) is 0.235. The van der Waals surface area contributed by atoms with Gasteiger partial charge in [-0.15, -0.1) is 0 Å². The normalized spacial score (nSPS) is 11.8. The molecule has 0 amide bonds. The lowest BCUT2D eigenvalue weighted by Crippen LogP contribution is -2.07. The number of nitriles is 3. The Kier molecular flexibility index (Phi) is 18.4. The number of ether oxygens (including phenoxy) is 1. The van der Waals surface area contributed by atoms with Crippen molar-refractivity contribution < 1.29 is 31.1 Å². The SMILES string of the molecule is CC.CC(c1ccc(C#N)cc1)c1ccc(C(F)(F)F)cc1F.CCc1ccc(C(C)c2ccc(C#N)cc2)c(F)c1.COc1cc(F)ccc1C(C)c1ccc(C#N)cc1. The zero-order valence-electron chi connectivity index (χ0n) is 35.1. The highest BCUT2D eigenvalue weighted by atomic mass is 19.4. The Labute approximate surface area is 354 Å². The van der Waals surface area contributed by atoms with Gasteiger partial charge < -0.3 is 4.74 Å². The van der Waals surface area contributed by atoms with Gasteiger partial charge in [0, 0.05) is 29.4 Å². The van der Waals surface area contributed by atoms with Crippen LogP contribution in [0.25, 0.3) is 0 Å². The molecule has 6 aromatic carbocycles. The zero-order chi connectivity index (χ0) is 45.3. The first-order valence-corrected chi connectivity index (χ1v) is 19.6. The van der Waals surface area contributed by atoms with Crippen LogP contribution in [0.3, 0.4) is 0 Å². The van der Waals surface area contributed by atoms with Gasteiger partial charge in [0.15, 0.2) is 0 Å². The summed E-state index contributed by atoms with van der Waals surface area (Å²) in [6, 6.07) is 39.9. The number of rotatable bonds is 8. The molecule has 61 heavy (non-hydrogen) atoms. The molecule has 0 fully saturated rings. The van der Waals surface area contributed by atoms with Crippen LogP contribution in [0.2, 0.25) is 0 Å². The topological polar surface area (TPSA) is 80.6 Å². The molecular formula is C51H47F6N3O. The monoisotopic (exact) mass is 831 g/mol. The predicted octanol–water partition coefficient (Wildman–Crippen LogP) is 14.2. The zero-order valence-corrected chi connectivity index (χ0v) is 35.1. The molecule has 314 valence electrons. The van der Waals surface area contributed by atoms with E-state index < -0.39 is 23.5 Å². The molecule has 6 rings (SSSR count). The number of alkyl halides is 3. The van der Waals surface area contributed by atoms with E-state index in [4.69, 9.17) is 20.5 Å². The van der Waals surface area contributed by atoms with Crippen LogP contribution in [0.5, 0.6) is 5.75 Å². The summed E-state index contributed by atoms with van der Waals surface area (Å²) in [4.78, 5) is 0. The van der Waals surface area contributed by atoms with E-state index in [1.807, 2.05) is 77.1 Å². The Morgan fingerprint density at radius 2 is 0.902 bits per heavy atom. The number of hydrogen-bond acceptors (Lipinski definition) is 4. The molecule has 4 nitrogen and oxygen atoms in total. The van der Waals surface area contributed by atoms with E-state index >= 15 is 0 Å². The van der Waals surface area contributed by atoms with E-state index in [9.17, 15) is 26.3 Å². The van der Waals surface area contributed by atoms with Crippen molar-refractivity contribution in [3.8, 4) is 24.0 Å². The Balaban J connectivity index is 0.000000239. The van der Waals surface area contributed by atoms with Crippen LogP contribution in [0, 0.1) is 51.4 Å². The van der Waals surface area contributed by atoms with Gasteiger partial charge in [0.2, 0.25) is 0 Å². The largest absolute Gasteiger partial charge is 0.496 e. The molecule has 10 heteroatoms. The van der Waals surface area contributed by atoms with Gasteiger partial charge in [-0.25, -0.2) is 13.2 Å². The lowest BCUT2D eigenvalue weighted by molar-refractivity contribution is -0.137. The van der Waals surface area contributed by atoms with Gasteiger partial charge >= 0.3 is 6.18 Å². The molecule has 0 heterocycles. The van der Waals surface area contributed by atoms with Crippen LogP contribution in [0.4, 0.5) is 26.3 Å². The molecule has 0 bridgehead atoms. The fourth-order valence-electron chi connectivity index (χ4n) is 6.32. The number of halogens is 6. The summed E-state index contributed by atoms with van der Waals surface area (Å²) in [5.41, 5.74) is 6.34. The van der Waals surface area contributed by atoms with E-state index in [-0.39, 0.29) is 29.0 Å². The number of aryl methyl sites for hydroxylation is 1. The van der Waals surface area contributed by atoms with Gasteiger partial charge in [0.25, 0.3) is 0 Å². The van der Waals surface area contributed by atoms with Gasteiger partial charge in [0.1, 0.15) is 23.2 Å². The molecule has 0 aliphatic rings. The summed E-state index contributed by atoms with van der Waals surface area (Å²) in [6.07, 6.45) is -3.72. The maximum absolute atomic E-state index is 14.1. The van der Waals surface area contributed by atoms with E-state index in [1.165, 1.54) is 19.2 Å². The summed E-state index contributed by atoms with van der Waals surface area (Å²) in [7, 11) is 1.53. The van der Waals surface area contributed by atoms with Crippen LogP contribution in [0.1, 0.15) is 120 Å².